The van der Waals surface area contributed by atoms with Crippen molar-refractivity contribution in [2.45, 2.75) is 45.3 Å². The maximum absolute atomic E-state index is 11.7. The van der Waals surface area contributed by atoms with Crippen molar-refractivity contribution in [1.29, 1.82) is 0 Å². The molecule has 1 fully saturated rings. The standard InChI is InChI=1S/C16H16Cl2N4O7/c1-6(23)26-4-9-11(27-7(2)24)12(28-8(3)25)15(29-9)22-5-19-10-13(17)20-16(18)21-14(10)22/h5,9,11-12,15H,4H2,1-3H3/t9-,11-,12-,15?/m1/s1. The van der Waals surface area contributed by atoms with Gasteiger partial charge in [-0.05, 0) is 11.6 Å². The molecule has 3 heterocycles. The third kappa shape index (κ3) is 4.57. The van der Waals surface area contributed by atoms with E-state index in [1.807, 2.05) is 0 Å². The first-order chi connectivity index (χ1) is 13.7. The molecule has 2 aromatic heterocycles. The zero-order valence-electron chi connectivity index (χ0n) is 15.5. The molecular weight excluding hydrogens is 431 g/mol. The topological polar surface area (TPSA) is 132 Å². The molecule has 0 spiro atoms. The summed E-state index contributed by atoms with van der Waals surface area (Å²) in [4.78, 5) is 46.6. The van der Waals surface area contributed by atoms with Gasteiger partial charge in [0, 0.05) is 20.8 Å². The molecule has 1 aliphatic heterocycles. The van der Waals surface area contributed by atoms with E-state index < -0.39 is 42.4 Å². The van der Waals surface area contributed by atoms with Crippen LogP contribution < -0.4 is 0 Å². The van der Waals surface area contributed by atoms with Crippen LogP contribution in [0.3, 0.4) is 0 Å². The Bertz CT molecular complexity index is 966. The Morgan fingerprint density at radius 2 is 1.72 bits per heavy atom. The first kappa shape index (κ1) is 21.2. The minimum absolute atomic E-state index is 0.0220. The molecule has 1 unspecified atom stereocenters. The van der Waals surface area contributed by atoms with E-state index in [9.17, 15) is 14.4 Å². The molecule has 2 aromatic rings. The van der Waals surface area contributed by atoms with E-state index in [0.29, 0.717) is 0 Å². The molecule has 0 N–H and O–H groups in total. The Labute approximate surface area is 174 Å². The molecule has 1 aliphatic rings. The molecule has 11 nitrogen and oxygen atoms in total. The number of hydrogen-bond donors (Lipinski definition) is 0. The van der Waals surface area contributed by atoms with Crippen LogP contribution in [0.2, 0.25) is 10.4 Å². The summed E-state index contributed by atoms with van der Waals surface area (Å²) in [5.74, 6) is -1.82. The summed E-state index contributed by atoms with van der Waals surface area (Å²) in [5.41, 5.74) is 0.459. The van der Waals surface area contributed by atoms with Crippen LogP contribution >= 0.6 is 23.2 Å². The average molecular weight is 447 g/mol. The maximum atomic E-state index is 11.7. The van der Waals surface area contributed by atoms with Gasteiger partial charge in [-0.3, -0.25) is 19.0 Å². The number of carbonyl (C=O) groups excluding carboxylic acids is 3. The van der Waals surface area contributed by atoms with Gasteiger partial charge in [0.15, 0.2) is 29.2 Å². The number of nitrogens with zero attached hydrogens (tertiary/aromatic N) is 4. The lowest BCUT2D eigenvalue weighted by Gasteiger charge is -2.23. The number of carbonyl (C=O) groups is 3. The van der Waals surface area contributed by atoms with Crippen LogP contribution in [0.1, 0.15) is 27.0 Å². The van der Waals surface area contributed by atoms with Crippen LogP contribution in [0.5, 0.6) is 0 Å². The Morgan fingerprint density at radius 3 is 2.34 bits per heavy atom. The SMILES string of the molecule is CC(=O)OC[C@H]1OC(n2cnc3c(Cl)nc(Cl)nc32)[C@H](OC(C)=O)[C@@H]1OC(C)=O. The van der Waals surface area contributed by atoms with Gasteiger partial charge >= 0.3 is 17.9 Å². The predicted octanol–water partition coefficient (Wildman–Crippen LogP) is 1.46. The number of ether oxygens (including phenoxy) is 4. The molecule has 0 bridgehead atoms. The Hall–Kier alpha value is -2.50. The summed E-state index contributed by atoms with van der Waals surface area (Å²) < 4.78 is 23.0. The van der Waals surface area contributed by atoms with Gasteiger partial charge < -0.3 is 18.9 Å². The predicted molar refractivity (Wildman–Crippen MR) is 97.0 cm³/mol. The third-order valence-electron chi connectivity index (χ3n) is 3.97. The molecule has 3 rings (SSSR count). The van der Waals surface area contributed by atoms with E-state index >= 15 is 0 Å². The Kier molecular flexibility index (Phi) is 6.20. The zero-order valence-corrected chi connectivity index (χ0v) is 17.0. The number of imidazole rings is 1. The van der Waals surface area contributed by atoms with Gasteiger partial charge in [0.05, 0.1) is 6.33 Å². The first-order valence-corrected chi connectivity index (χ1v) is 9.11. The second kappa shape index (κ2) is 8.47. The van der Waals surface area contributed by atoms with Crippen molar-refractivity contribution in [3.8, 4) is 0 Å². The fourth-order valence-electron chi connectivity index (χ4n) is 2.96. The minimum Gasteiger partial charge on any atom is -0.463 e. The molecule has 29 heavy (non-hydrogen) atoms. The van der Waals surface area contributed by atoms with Gasteiger partial charge in [0.25, 0.3) is 0 Å². The molecule has 0 aliphatic carbocycles. The summed E-state index contributed by atoms with van der Waals surface area (Å²) in [7, 11) is 0. The van der Waals surface area contributed by atoms with Gasteiger partial charge in [-0.15, -0.1) is 0 Å². The van der Waals surface area contributed by atoms with Crippen molar-refractivity contribution in [1.82, 2.24) is 19.5 Å². The normalized spacial score (nSPS) is 23.8. The highest BCUT2D eigenvalue weighted by molar-refractivity contribution is 6.35. The molecule has 4 atom stereocenters. The zero-order chi connectivity index (χ0) is 21.3. The molecule has 0 radical (unpaired) electrons. The van der Waals surface area contributed by atoms with Crippen molar-refractivity contribution in [2.75, 3.05) is 6.61 Å². The van der Waals surface area contributed by atoms with E-state index in [1.165, 1.54) is 31.7 Å². The maximum Gasteiger partial charge on any atom is 0.303 e. The molecule has 0 aromatic carbocycles. The fourth-order valence-corrected chi connectivity index (χ4v) is 3.38. The minimum atomic E-state index is -1.08. The fraction of sp³-hybridized carbons (Fsp3) is 0.500. The number of hydrogen-bond acceptors (Lipinski definition) is 10. The van der Waals surface area contributed by atoms with Crippen molar-refractivity contribution >= 4 is 52.3 Å². The van der Waals surface area contributed by atoms with E-state index in [-0.39, 0.29) is 28.2 Å². The largest absolute Gasteiger partial charge is 0.463 e. The van der Waals surface area contributed by atoms with Gasteiger partial charge in [0.1, 0.15) is 18.2 Å². The quantitative estimate of drug-likeness (QED) is 0.287. The molecule has 0 saturated carbocycles. The number of esters is 3. The summed E-state index contributed by atoms with van der Waals surface area (Å²) in [5, 5.41) is -0.104. The second-order valence-corrected chi connectivity index (χ2v) is 6.82. The smallest absolute Gasteiger partial charge is 0.303 e. The van der Waals surface area contributed by atoms with Crippen LogP contribution in [0.15, 0.2) is 6.33 Å². The highest BCUT2D eigenvalue weighted by atomic mass is 35.5. The summed E-state index contributed by atoms with van der Waals surface area (Å²) in [6.45, 7) is 3.38. The first-order valence-electron chi connectivity index (χ1n) is 8.36. The van der Waals surface area contributed by atoms with E-state index in [4.69, 9.17) is 42.1 Å². The lowest BCUT2D eigenvalue weighted by Crippen LogP contribution is -2.40. The number of fused-ring (bicyclic) bond motifs is 1. The van der Waals surface area contributed by atoms with Gasteiger partial charge in [-0.1, -0.05) is 11.6 Å². The molecule has 13 heteroatoms. The van der Waals surface area contributed by atoms with E-state index in [2.05, 4.69) is 15.0 Å². The lowest BCUT2D eigenvalue weighted by molar-refractivity contribution is -0.166. The number of rotatable bonds is 5. The van der Waals surface area contributed by atoms with Crippen LogP contribution in [-0.2, 0) is 33.3 Å². The van der Waals surface area contributed by atoms with E-state index in [1.54, 1.807) is 0 Å². The Morgan fingerprint density at radius 1 is 1.07 bits per heavy atom. The van der Waals surface area contributed by atoms with E-state index in [0.717, 1.165) is 0 Å². The van der Waals surface area contributed by atoms with Crippen LogP contribution in [0, 0.1) is 0 Å². The molecule has 156 valence electrons. The highest BCUT2D eigenvalue weighted by Crippen LogP contribution is 2.36. The van der Waals surface area contributed by atoms with Crippen molar-refractivity contribution < 1.29 is 33.3 Å². The molecular formula is C16H16Cl2N4O7. The van der Waals surface area contributed by atoms with Crippen molar-refractivity contribution in [3.63, 3.8) is 0 Å². The van der Waals surface area contributed by atoms with Crippen molar-refractivity contribution in [2.24, 2.45) is 0 Å². The van der Waals surface area contributed by atoms with Crippen LogP contribution in [0.4, 0.5) is 0 Å². The van der Waals surface area contributed by atoms with Gasteiger partial charge in [-0.2, -0.15) is 4.98 Å². The number of aromatic nitrogens is 4. The third-order valence-corrected chi connectivity index (χ3v) is 4.40. The number of halogens is 2. The lowest BCUT2D eigenvalue weighted by atomic mass is 10.1. The second-order valence-electron chi connectivity index (χ2n) is 6.12. The molecule has 0 amide bonds. The summed E-state index contributed by atoms with van der Waals surface area (Å²) in [6, 6.07) is 0. The van der Waals surface area contributed by atoms with Crippen molar-refractivity contribution in [3.05, 3.63) is 16.8 Å². The van der Waals surface area contributed by atoms with Gasteiger partial charge in [0.2, 0.25) is 5.28 Å². The summed E-state index contributed by atoms with van der Waals surface area (Å²) >= 11 is 11.9. The highest BCUT2D eigenvalue weighted by Gasteiger charge is 2.51. The molecule has 1 saturated heterocycles. The average Bonchev–Trinajstić information content (AvgIpc) is 3.15. The summed E-state index contributed by atoms with van der Waals surface area (Å²) in [6.07, 6.45) is -2.71. The monoisotopic (exact) mass is 446 g/mol. The van der Waals surface area contributed by atoms with Gasteiger partial charge in [-0.25, -0.2) is 9.97 Å². The Balaban J connectivity index is 2.04. The van der Waals surface area contributed by atoms with Crippen LogP contribution in [0.25, 0.3) is 11.2 Å². The van der Waals surface area contributed by atoms with Crippen LogP contribution in [-0.4, -0.2) is 62.3 Å².